The molecule has 3 nitrogen and oxygen atoms in total. The molecule has 1 aromatic carbocycles. The van der Waals surface area contributed by atoms with Gasteiger partial charge in [0, 0.05) is 12.0 Å². The Morgan fingerprint density at radius 1 is 1.32 bits per heavy atom. The minimum Gasteiger partial charge on any atom is -0.341 e. The molecule has 0 saturated carbocycles. The van der Waals surface area contributed by atoms with Gasteiger partial charge in [0.1, 0.15) is 5.82 Å². The molecule has 0 aliphatic heterocycles. The first-order chi connectivity index (χ1) is 8.79. The Morgan fingerprint density at radius 3 is 2.63 bits per heavy atom. The topological polar surface area (TPSA) is 46.2 Å². The maximum absolute atomic E-state index is 13.1. The molecule has 2 rings (SSSR count). The van der Waals surface area contributed by atoms with Gasteiger partial charge < -0.3 is 5.32 Å². The van der Waals surface area contributed by atoms with Crippen LogP contribution in [0.15, 0.2) is 18.2 Å². The lowest BCUT2D eigenvalue weighted by molar-refractivity contribution is -0.174. The zero-order valence-electron chi connectivity index (χ0n) is 9.55. The Labute approximate surface area is 105 Å². The molecule has 1 atom stereocenters. The van der Waals surface area contributed by atoms with E-state index in [9.17, 15) is 27.2 Å². The van der Waals surface area contributed by atoms with Gasteiger partial charge in [0.25, 0.3) is 0 Å². The molecule has 1 aromatic rings. The Balaban J connectivity index is 2.31. The van der Waals surface area contributed by atoms with Crippen molar-refractivity contribution in [1.82, 2.24) is 5.32 Å². The fourth-order valence-corrected chi connectivity index (χ4v) is 2.03. The Hall–Kier alpha value is -1.92. The monoisotopic (exact) mass is 275 g/mol. The number of nitrogens with one attached hydrogen (secondary N) is 1. The van der Waals surface area contributed by atoms with Crippen LogP contribution in [0.3, 0.4) is 0 Å². The number of benzene rings is 1. The summed E-state index contributed by atoms with van der Waals surface area (Å²) < 4.78 is 49.7. The number of carbonyl (C=O) groups is 2. The standard InChI is InChI=1S/C12H9F4NO2/c13-6-1-2-7-8(5-6)9(3-4-10(7)18)17-11(19)12(14,15)16/h1-2,5,9H,3-4H2,(H,17,19). The molecule has 1 unspecified atom stereocenters. The van der Waals surface area contributed by atoms with Crippen molar-refractivity contribution in [1.29, 1.82) is 0 Å². The normalized spacial score (nSPS) is 18.9. The van der Waals surface area contributed by atoms with Gasteiger partial charge in [-0.25, -0.2) is 4.39 Å². The van der Waals surface area contributed by atoms with E-state index in [1.165, 1.54) is 6.07 Å². The molecule has 0 bridgehead atoms. The first-order valence-corrected chi connectivity index (χ1v) is 5.49. The number of ketones is 1. The summed E-state index contributed by atoms with van der Waals surface area (Å²) in [5, 5.41) is 1.78. The second-order valence-corrected chi connectivity index (χ2v) is 4.22. The first-order valence-electron chi connectivity index (χ1n) is 5.49. The molecular weight excluding hydrogens is 266 g/mol. The van der Waals surface area contributed by atoms with Crippen LogP contribution in [-0.2, 0) is 4.79 Å². The summed E-state index contributed by atoms with van der Waals surface area (Å²) >= 11 is 0. The number of amides is 1. The third-order valence-corrected chi connectivity index (χ3v) is 2.91. The number of alkyl halides is 3. The molecule has 0 spiro atoms. The van der Waals surface area contributed by atoms with Gasteiger partial charge in [-0.2, -0.15) is 13.2 Å². The van der Waals surface area contributed by atoms with Crippen LogP contribution in [0.2, 0.25) is 0 Å². The van der Waals surface area contributed by atoms with E-state index in [1.807, 2.05) is 0 Å². The molecular formula is C12H9F4NO2. The quantitative estimate of drug-likeness (QED) is 0.800. The molecule has 1 N–H and O–H groups in total. The number of hydrogen-bond donors (Lipinski definition) is 1. The van der Waals surface area contributed by atoms with Gasteiger partial charge >= 0.3 is 12.1 Å². The summed E-state index contributed by atoms with van der Waals surface area (Å²) in [6.45, 7) is 0. The highest BCUT2D eigenvalue weighted by Gasteiger charge is 2.41. The van der Waals surface area contributed by atoms with Crippen LogP contribution in [0, 0.1) is 5.82 Å². The van der Waals surface area contributed by atoms with E-state index in [2.05, 4.69) is 0 Å². The van der Waals surface area contributed by atoms with E-state index in [0.29, 0.717) is 0 Å². The highest BCUT2D eigenvalue weighted by Crippen LogP contribution is 2.31. The predicted octanol–water partition coefficient (Wildman–Crippen LogP) is 2.52. The highest BCUT2D eigenvalue weighted by atomic mass is 19.4. The lowest BCUT2D eigenvalue weighted by Gasteiger charge is -2.25. The molecule has 0 fully saturated rings. The summed E-state index contributed by atoms with van der Waals surface area (Å²) in [4.78, 5) is 22.5. The number of hydrogen-bond acceptors (Lipinski definition) is 2. The van der Waals surface area contributed by atoms with Gasteiger partial charge in [0.15, 0.2) is 5.78 Å². The summed E-state index contributed by atoms with van der Waals surface area (Å²) in [5.41, 5.74) is 0.244. The zero-order valence-corrected chi connectivity index (χ0v) is 9.55. The minimum atomic E-state index is -5.01. The summed E-state index contributed by atoms with van der Waals surface area (Å²) in [7, 11) is 0. The molecule has 0 heterocycles. The Morgan fingerprint density at radius 2 is 2.00 bits per heavy atom. The molecule has 1 amide bonds. The summed E-state index contributed by atoms with van der Waals surface area (Å²) in [6, 6.07) is 2.26. The van der Waals surface area contributed by atoms with Crippen LogP contribution >= 0.6 is 0 Å². The van der Waals surface area contributed by atoms with Crippen molar-refractivity contribution in [3.63, 3.8) is 0 Å². The molecule has 0 aromatic heterocycles. The maximum Gasteiger partial charge on any atom is 0.471 e. The van der Waals surface area contributed by atoms with Crippen molar-refractivity contribution >= 4 is 11.7 Å². The number of rotatable bonds is 1. The lowest BCUT2D eigenvalue weighted by Crippen LogP contribution is -2.40. The van der Waals surface area contributed by atoms with E-state index in [0.717, 1.165) is 12.1 Å². The van der Waals surface area contributed by atoms with Crippen molar-refractivity contribution in [2.24, 2.45) is 0 Å². The maximum atomic E-state index is 13.1. The molecule has 7 heteroatoms. The number of Topliss-reactive ketones (excluding diaryl/α,β-unsaturated/α-hetero) is 1. The average Bonchev–Trinajstić information content (AvgIpc) is 2.31. The van der Waals surface area contributed by atoms with Gasteiger partial charge in [-0.3, -0.25) is 9.59 Å². The van der Waals surface area contributed by atoms with Crippen molar-refractivity contribution < 1.29 is 27.2 Å². The van der Waals surface area contributed by atoms with Gasteiger partial charge in [0.2, 0.25) is 0 Å². The van der Waals surface area contributed by atoms with Crippen molar-refractivity contribution in [3.8, 4) is 0 Å². The predicted molar refractivity (Wildman–Crippen MR) is 56.9 cm³/mol. The van der Waals surface area contributed by atoms with E-state index in [4.69, 9.17) is 0 Å². The first kappa shape index (κ1) is 13.5. The Kier molecular flexibility index (Phi) is 3.30. The van der Waals surface area contributed by atoms with E-state index >= 15 is 0 Å². The second kappa shape index (κ2) is 4.64. The number of fused-ring (bicyclic) bond motifs is 1. The summed E-state index contributed by atoms with van der Waals surface area (Å²) in [5.74, 6) is -3.03. The van der Waals surface area contributed by atoms with Crippen molar-refractivity contribution in [3.05, 3.63) is 35.1 Å². The molecule has 102 valence electrons. The van der Waals surface area contributed by atoms with E-state index < -0.39 is 23.9 Å². The Bertz CT molecular complexity index is 539. The third-order valence-electron chi connectivity index (χ3n) is 2.91. The molecule has 0 saturated heterocycles. The molecule has 1 aliphatic rings. The van der Waals surface area contributed by atoms with Crippen LogP contribution in [0.25, 0.3) is 0 Å². The molecule has 19 heavy (non-hydrogen) atoms. The minimum absolute atomic E-state index is 0.0153. The number of carbonyl (C=O) groups excluding carboxylic acids is 2. The largest absolute Gasteiger partial charge is 0.471 e. The average molecular weight is 275 g/mol. The highest BCUT2D eigenvalue weighted by molar-refractivity contribution is 5.99. The SMILES string of the molecule is O=C1CCC(NC(=O)C(F)(F)F)c2cc(F)ccc21. The van der Waals surface area contributed by atoms with Crippen molar-refractivity contribution in [2.75, 3.05) is 0 Å². The molecule has 0 radical (unpaired) electrons. The van der Waals surface area contributed by atoms with Crippen LogP contribution in [0.1, 0.15) is 34.8 Å². The van der Waals surface area contributed by atoms with Crippen LogP contribution in [0.4, 0.5) is 17.6 Å². The fraction of sp³-hybridized carbons (Fsp3) is 0.333. The van der Waals surface area contributed by atoms with Crippen molar-refractivity contribution in [2.45, 2.75) is 25.1 Å². The lowest BCUT2D eigenvalue weighted by atomic mass is 9.86. The van der Waals surface area contributed by atoms with Gasteiger partial charge in [-0.1, -0.05) is 0 Å². The van der Waals surface area contributed by atoms with Crippen LogP contribution in [-0.4, -0.2) is 17.9 Å². The van der Waals surface area contributed by atoms with E-state index in [1.54, 1.807) is 5.32 Å². The zero-order chi connectivity index (χ0) is 14.2. The smallest absolute Gasteiger partial charge is 0.341 e. The van der Waals surface area contributed by atoms with Crippen LogP contribution < -0.4 is 5.32 Å². The summed E-state index contributed by atoms with van der Waals surface area (Å²) in [6.07, 6.45) is -4.96. The number of halogens is 4. The third kappa shape index (κ3) is 2.74. The van der Waals surface area contributed by atoms with Crippen LogP contribution in [0.5, 0.6) is 0 Å². The fourth-order valence-electron chi connectivity index (χ4n) is 2.03. The molecule has 1 aliphatic carbocycles. The van der Waals surface area contributed by atoms with Gasteiger partial charge in [-0.15, -0.1) is 0 Å². The van der Waals surface area contributed by atoms with E-state index in [-0.39, 0.29) is 29.8 Å². The van der Waals surface area contributed by atoms with Gasteiger partial charge in [-0.05, 0) is 30.2 Å². The van der Waals surface area contributed by atoms with Gasteiger partial charge in [0.05, 0.1) is 6.04 Å². The second-order valence-electron chi connectivity index (χ2n) is 4.22.